The lowest BCUT2D eigenvalue weighted by Gasteiger charge is -2.16. The summed E-state index contributed by atoms with van der Waals surface area (Å²) >= 11 is 0. The third-order valence-corrected chi connectivity index (χ3v) is 4.91. The normalized spacial score (nSPS) is 19.9. The summed E-state index contributed by atoms with van der Waals surface area (Å²) in [5.74, 6) is 0.390. The molecule has 0 radical (unpaired) electrons. The van der Waals surface area contributed by atoms with Crippen molar-refractivity contribution in [2.75, 3.05) is 20.2 Å². The number of rotatable bonds is 5. The number of fused-ring (bicyclic) bond motifs is 1. The van der Waals surface area contributed by atoms with Crippen LogP contribution in [0.4, 0.5) is 0 Å². The van der Waals surface area contributed by atoms with Crippen LogP contribution in [-0.4, -0.2) is 52.4 Å². The Labute approximate surface area is 150 Å². The van der Waals surface area contributed by atoms with Gasteiger partial charge < -0.3 is 15.2 Å². The van der Waals surface area contributed by atoms with Gasteiger partial charge in [0.05, 0.1) is 18.0 Å². The number of benzene rings is 1. The molecule has 7 heteroatoms. The fourth-order valence-electron chi connectivity index (χ4n) is 3.48. The predicted octanol–water partition coefficient (Wildman–Crippen LogP) is 2.14. The molecule has 0 unspecified atom stereocenters. The van der Waals surface area contributed by atoms with E-state index in [1.165, 1.54) is 0 Å². The highest BCUT2D eigenvalue weighted by Crippen LogP contribution is 2.27. The maximum Gasteiger partial charge on any atom is 0.164 e. The van der Waals surface area contributed by atoms with Crippen LogP contribution in [0.3, 0.4) is 0 Å². The Hall–Kier alpha value is -2.77. The van der Waals surface area contributed by atoms with Crippen molar-refractivity contribution in [1.29, 1.82) is 0 Å². The van der Waals surface area contributed by atoms with Crippen LogP contribution in [0.1, 0.15) is 16.8 Å². The zero-order chi connectivity index (χ0) is 18.1. The molecule has 1 fully saturated rings. The molecule has 2 atom stereocenters. The highest BCUT2D eigenvalue weighted by molar-refractivity contribution is 6.07. The van der Waals surface area contributed by atoms with E-state index in [0.29, 0.717) is 23.3 Å². The van der Waals surface area contributed by atoms with E-state index in [-0.39, 0.29) is 23.6 Å². The zero-order valence-corrected chi connectivity index (χ0v) is 14.4. The number of ketones is 1. The number of nitrogens with one attached hydrogen (secondary N) is 2. The summed E-state index contributed by atoms with van der Waals surface area (Å²) in [7, 11) is 1.68. The molecule has 134 valence electrons. The Morgan fingerprint density at radius 2 is 2.12 bits per heavy atom. The first-order chi connectivity index (χ1) is 12.7. The van der Waals surface area contributed by atoms with Crippen LogP contribution in [0, 0.1) is 5.92 Å². The van der Waals surface area contributed by atoms with Gasteiger partial charge in [-0.3, -0.25) is 9.89 Å². The van der Waals surface area contributed by atoms with E-state index in [4.69, 9.17) is 4.74 Å². The van der Waals surface area contributed by atoms with Crippen LogP contribution in [0.5, 0.6) is 5.75 Å². The number of phenols is 1. The number of aromatic hydroxyl groups is 1. The molecule has 0 saturated carbocycles. The number of aromatic nitrogens is 3. The largest absolute Gasteiger partial charge is 0.508 e. The maximum atomic E-state index is 13.0. The van der Waals surface area contributed by atoms with Crippen molar-refractivity contribution < 1.29 is 14.6 Å². The van der Waals surface area contributed by atoms with Crippen molar-refractivity contribution in [3.63, 3.8) is 0 Å². The average Bonchev–Trinajstić information content (AvgIpc) is 3.30. The minimum atomic E-state index is 0.0505. The Bertz CT molecular complexity index is 936. The van der Waals surface area contributed by atoms with Gasteiger partial charge in [-0.1, -0.05) is 0 Å². The number of methoxy groups -OCH3 is 1. The van der Waals surface area contributed by atoms with Gasteiger partial charge in [0.25, 0.3) is 0 Å². The lowest BCUT2D eigenvalue weighted by molar-refractivity contribution is 0.0710. The first kappa shape index (κ1) is 16.7. The summed E-state index contributed by atoms with van der Waals surface area (Å²) in [5.41, 5.74) is 2.67. The Balaban J connectivity index is 1.70. The molecule has 0 amide bonds. The van der Waals surface area contributed by atoms with Crippen LogP contribution in [0.25, 0.3) is 22.3 Å². The van der Waals surface area contributed by atoms with Gasteiger partial charge in [0.2, 0.25) is 0 Å². The number of hydrogen-bond acceptors (Lipinski definition) is 6. The fraction of sp³-hybridized carbons (Fsp3) is 0.316. The number of phenolic OH excluding ortho intramolecular Hbond substituents is 1. The number of nitrogens with zero attached hydrogens (tertiary/aromatic N) is 2. The molecule has 26 heavy (non-hydrogen) atoms. The molecular formula is C19H20N4O3. The molecular weight excluding hydrogens is 332 g/mol. The minimum absolute atomic E-state index is 0.0505. The number of Topliss-reactive ketones (excluding diaryl/α,β-unsaturated/α-hetero) is 1. The van der Waals surface area contributed by atoms with Gasteiger partial charge in [-0.25, -0.2) is 4.98 Å². The molecule has 7 nitrogen and oxygen atoms in total. The van der Waals surface area contributed by atoms with Crippen molar-refractivity contribution in [3.8, 4) is 17.0 Å². The van der Waals surface area contributed by atoms with Crippen molar-refractivity contribution in [2.24, 2.45) is 5.92 Å². The lowest BCUT2D eigenvalue weighted by atomic mass is 9.94. The number of carbonyl (C=O) groups is 1. The molecule has 3 heterocycles. The van der Waals surface area contributed by atoms with E-state index in [2.05, 4.69) is 20.5 Å². The topological polar surface area (TPSA) is 100 Å². The molecule has 0 bridgehead atoms. The first-order valence-corrected chi connectivity index (χ1v) is 8.56. The number of H-pyrrole nitrogens is 1. The quantitative estimate of drug-likeness (QED) is 0.608. The van der Waals surface area contributed by atoms with Gasteiger partial charge in [0, 0.05) is 49.1 Å². The highest BCUT2D eigenvalue weighted by atomic mass is 16.5. The standard InChI is InChI=1S/C19H20N4O3/c1-26-18-10-20-8-12(18)6-17(25)14-7-16(11-2-4-13(24)5-3-11)22-19-15(14)9-21-23-19/h2-5,7,9,12,18,20,24H,6,8,10H2,1H3,(H,21,22,23)/t12-,18-/m0/s1. The summed E-state index contributed by atoms with van der Waals surface area (Å²) in [5, 5.41) is 20.4. The summed E-state index contributed by atoms with van der Waals surface area (Å²) < 4.78 is 5.47. The number of hydrogen-bond donors (Lipinski definition) is 3. The molecule has 1 aromatic carbocycles. The molecule has 1 aliphatic heterocycles. The lowest BCUT2D eigenvalue weighted by Crippen LogP contribution is -2.23. The molecule has 4 rings (SSSR count). The summed E-state index contributed by atoms with van der Waals surface area (Å²) in [6.45, 7) is 1.54. The summed E-state index contributed by atoms with van der Waals surface area (Å²) in [6.07, 6.45) is 2.10. The molecule has 1 saturated heterocycles. The predicted molar refractivity (Wildman–Crippen MR) is 97.1 cm³/mol. The average molecular weight is 352 g/mol. The molecule has 0 aliphatic carbocycles. The van der Waals surface area contributed by atoms with E-state index < -0.39 is 0 Å². The summed E-state index contributed by atoms with van der Waals surface area (Å²) in [6, 6.07) is 8.55. The first-order valence-electron chi connectivity index (χ1n) is 8.56. The second-order valence-electron chi connectivity index (χ2n) is 6.55. The summed E-state index contributed by atoms with van der Waals surface area (Å²) in [4.78, 5) is 17.6. The van der Waals surface area contributed by atoms with Crippen molar-refractivity contribution in [3.05, 3.63) is 42.1 Å². The molecule has 2 aromatic heterocycles. The number of aromatic amines is 1. The molecule has 1 aliphatic rings. The SMILES string of the molecule is CO[C@H]1CNC[C@@H]1CC(=O)c1cc(-c2ccc(O)cc2)nc2[nH]ncc12. The van der Waals surface area contributed by atoms with Gasteiger partial charge in [-0.2, -0.15) is 5.10 Å². The van der Waals surface area contributed by atoms with Crippen molar-refractivity contribution in [2.45, 2.75) is 12.5 Å². The monoisotopic (exact) mass is 352 g/mol. The van der Waals surface area contributed by atoms with Crippen LogP contribution < -0.4 is 5.32 Å². The van der Waals surface area contributed by atoms with Crippen molar-refractivity contribution >= 4 is 16.8 Å². The van der Waals surface area contributed by atoms with Gasteiger partial charge in [-0.05, 0) is 30.3 Å². The maximum absolute atomic E-state index is 13.0. The van der Waals surface area contributed by atoms with Gasteiger partial charge in [0.15, 0.2) is 11.4 Å². The molecule has 3 N–H and O–H groups in total. The third-order valence-electron chi connectivity index (χ3n) is 4.91. The number of ether oxygens (including phenoxy) is 1. The second kappa shape index (κ2) is 6.86. The zero-order valence-electron chi connectivity index (χ0n) is 14.4. The molecule has 3 aromatic rings. The van der Waals surface area contributed by atoms with E-state index >= 15 is 0 Å². The van der Waals surface area contributed by atoms with Crippen LogP contribution >= 0.6 is 0 Å². The minimum Gasteiger partial charge on any atom is -0.508 e. The second-order valence-corrected chi connectivity index (χ2v) is 6.55. The van der Waals surface area contributed by atoms with E-state index in [1.807, 2.05) is 0 Å². The van der Waals surface area contributed by atoms with E-state index in [0.717, 1.165) is 24.0 Å². The van der Waals surface area contributed by atoms with E-state index in [9.17, 15) is 9.90 Å². The van der Waals surface area contributed by atoms with Gasteiger partial charge in [-0.15, -0.1) is 0 Å². The smallest absolute Gasteiger partial charge is 0.164 e. The fourth-order valence-corrected chi connectivity index (χ4v) is 3.48. The van der Waals surface area contributed by atoms with E-state index in [1.54, 1.807) is 43.6 Å². The number of pyridine rings is 1. The van der Waals surface area contributed by atoms with Crippen LogP contribution in [0.2, 0.25) is 0 Å². The van der Waals surface area contributed by atoms with Gasteiger partial charge >= 0.3 is 0 Å². The third kappa shape index (κ3) is 3.07. The van der Waals surface area contributed by atoms with Gasteiger partial charge in [0.1, 0.15) is 5.75 Å². The molecule has 0 spiro atoms. The van der Waals surface area contributed by atoms with Crippen LogP contribution in [0.15, 0.2) is 36.5 Å². The Kier molecular flexibility index (Phi) is 4.40. The highest BCUT2D eigenvalue weighted by Gasteiger charge is 2.30. The van der Waals surface area contributed by atoms with Crippen LogP contribution in [-0.2, 0) is 4.74 Å². The Morgan fingerprint density at radius 3 is 2.88 bits per heavy atom. The van der Waals surface area contributed by atoms with Crippen molar-refractivity contribution in [1.82, 2.24) is 20.5 Å². The Morgan fingerprint density at radius 1 is 1.31 bits per heavy atom. The number of carbonyl (C=O) groups excluding carboxylic acids is 1.